The van der Waals surface area contributed by atoms with Crippen molar-refractivity contribution >= 4 is 89.7 Å². The van der Waals surface area contributed by atoms with Gasteiger partial charge in [0.1, 0.15) is 11.5 Å². The number of ether oxygens (including phenoxy) is 1. The second kappa shape index (κ2) is 16.5. The van der Waals surface area contributed by atoms with E-state index in [0.29, 0.717) is 43.3 Å². The monoisotopic (exact) mass is 900 g/mol. The van der Waals surface area contributed by atoms with Gasteiger partial charge in [0.2, 0.25) is 0 Å². The third-order valence-electron chi connectivity index (χ3n) is 12.9. The zero-order valence-electron chi connectivity index (χ0n) is 36.3. The third kappa shape index (κ3) is 6.62. The first kappa shape index (κ1) is 40.6. The molecule has 0 radical (unpaired) electrons. The fourth-order valence-electron chi connectivity index (χ4n) is 9.88. The third-order valence-corrected chi connectivity index (χ3v) is 19.1. The van der Waals surface area contributed by atoms with Crippen LogP contribution >= 0.6 is 14.3 Å². The SMILES string of the molecule is O=P(c1ccccc1)(c1ccccc1)c1cc(-n2c3ccccc3c3ccccc32)ccc1Oc1ccc(-n2c3ccccc3c3ccccc32)cc1P(=O)(c1ccccc1)c1ccccc1. The Morgan fingerprint density at radius 3 is 0.821 bits per heavy atom. The fraction of sp³-hybridized carbons (Fsp3) is 0. The summed E-state index contributed by atoms with van der Waals surface area (Å²) in [7, 11) is -7.38. The summed E-state index contributed by atoms with van der Waals surface area (Å²) in [6.07, 6.45) is 0. The molecule has 0 unspecified atom stereocenters. The largest absolute Gasteiger partial charge is 0.456 e. The van der Waals surface area contributed by atoms with Crippen LogP contribution < -0.4 is 36.6 Å². The maximum Gasteiger partial charge on any atom is 0.174 e. The lowest BCUT2D eigenvalue weighted by Crippen LogP contribution is -2.28. The molecule has 320 valence electrons. The minimum atomic E-state index is -3.69. The molecule has 10 aromatic carbocycles. The molecule has 0 saturated carbocycles. The van der Waals surface area contributed by atoms with E-state index in [0.717, 1.165) is 55.0 Å². The normalized spacial score (nSPS) is 12.0. The van der Waals surface area contributed by atoms with Crippen molar-refractivity contribution in [2.75, 3.05) is 0 Å². The average Bonchev–Trinajstić information content (AvgIpc) is 3.93. The van der Waals surface area contributed by atoms with E-state index in [4.69, 9.17) is 4.74 Å². The molecule has 5 nitrogen and oxygen atoms in total. The Hall–Kier alpha value is -7.94. The van der Waals surface area contributed by atoms with Gasteiger partial charge in [-0.25, -0.2) is 0 Å². The number of fused-ring (bicyclic) bond motifs is 6. The minimum Gasteiger partial charge on any atom is -0.456 e. The van der Waals surface area contributed by atoms with Crippen molar-refractivity contribution in [2.24, 2.45) is 0 Å². The summed E-state index contributed by atoms with van der Waals surface area (Å²) < 4.78 is 45.3. The summed E-state index contributed by atoms with van der Waals surface area (Å²) in [5.41, 5.74) is 5.82. The second-order valence-electron chi connectivity index (χ2n) is 16.7. The Kier molecular flexibility index (Phi) is 9.98. The van der Waals surface area contributed by atoms with Gasteiger partial charge in [-0.05, 0) is 60.7 Å². The van der Waals surface area contributed by atoms with Gasteiger partial charge in [-0.2, -0.15) is 0 Å². The van der Waals surface area contributed by atoms with Crippen molar-refractivity contribution in [2.45, 2.75) is 0 Å². The number of hydrogen-bond donors (Lipinski definition) is 0. The molecule has 0 N–H and O–H groups in total. The highest BCUT2D eigenvalue weighted by molar-refractivity contribution is 7.86. The van der Waals surface area contributed by atoms with Gasteiger partial charge >= 0.3 is 0 Å². The lowest BCUT2D eigenvalue weighted by atomic mass is 10.2. The zero-order valence-corrected chi connectivity index (χ0v) is 38.1. The fourth-order valence-corrected chi connectivity index (χ4v) is 15.4. The van der Waals surface area contributed by atoms with Crippen molar-refractivity contribution in [3.05, 3.63) is 255 Å². The first-order valence-electron chi connectivity index (χ1n) is 22.4. The van der Waals surface area contributed by atoms with E-state index in [9.17, 15) is 0 Å². The molecule has 0 aliphatic heterocycles. The Balaban J connectivity index is 1.15. The molecule has 67 heavy (non-hydrogen) atoms. The molecule has 0 aliphatic carbocycles. The predicted octanol–water partition coefficient (Wildman–Crippen LogP) is 13.0. The molecule has 0 aliphatic rings. The lowest BCUT2D eigenvalue weighted by Gasteiger charge is -2.26. The highest BCUT2D eigenvalue weighted by Gasteiger charge is 2.37. The summed E-state index contributed by atoms with van der Waals surface area (Å²) >= 11 is 0. The van der Waals surface area contributed by atoms with Crippen LogP contribution in [0.1, 0.15) is 0 Å². The van der Waals surface area contributed by atoms with Gasteiger partial charge in [-0.15, -0.1) is 0 Å². The van der Waals surface area contributed by atoms with Gasteiger partial charge in [0.15, 0.2) is 14.3 Å². The Morgan fingerprint density at radius 1 is 0.284 bits per heavy atom. The van der Waals surface area contributed by atoms with Crippen molar-refractivity contribution in [1.29, 1.82) is 0 Å². The highest BCUT2D eigenvalue weighted by atomic mass is 31.2. The predicted molar refractivity (Wildman–Crippen MR) is 280 cm³/mol. The molecular formula is C60H42N2O3P2. The van der Waals surface area contributed by atoms with E-state index in [-0.39, 0.29) is 0 Å². The first-order valence-corrected chi connectivity index (χ1v) is 25.8. The summed E-state index contributed by atoms with van der Waals surface area (Å²) in [6, 6.07) is 84.4. The summed E-state index contributed by atoms with van der Waals surface area (Å²) in [5.74, 6) is 0.804. The number of aromatic nitrogens is 2. The number of rotatable bonds is 10. The molecule has 0 spiro atoms. The van der Waals surface area contributed by atoms with Crippen molar-refractivity contribution in [1.82, 2.24) is 9.13 Å². The zero-order chi connectivity index (χ0) is 45.0. The van der Waals surface area contributed by atoms with E-state index >= 15 is 9.13 Å². The van der Waals surface area contributed by atoms with Crippen LogP contribution in [0.2, 0.25) is 0 Å². The van der Waals surface area contributed by atoms with E-state index in [1.807, 2.05) is 158 Å². The summed E-state index contributed by atoms with van der Waals surface area (Å²) in [6.45, 7) is 0. The summed E-state index contributed by atoms with van der Waals surface area (Å²) in [4.78, 5) is 0. The maximum absolute atomic E-state index is 16.7. The van der Waals surface area contributed by atoms with Crippen LogP contribution in [0.4, 0.5) is 0 Å². The number of para-hydroxylation sites is 4. The average molecular weight is 901 g/mol. The van der Waals surface area contributed by atoms with Crippen LogP contribution in [0, 0.1) is 0 Å². The topological polar surface area (TPSA) is 53.2 Å². The second-order valence-corrected chi connectivity index (χ2v) is 22.2. The number of nitrogens with zero attached hydrogens (tertiary/aromatic N) is 2. The van der Waals surface area contributed by atoms with E-state index in [1.165, 1.54) is 0 Å². The van der Waals surface area contributed by atoms with Gasteiger partial charge in [0.05, 0.1) is 32.7 Å². The van der Waals surface area contributed by atoms with Crippen LogP contribution in [-0.2, 0) is 9.13 Å². The standard InChI is InChI=1S/C60H42N2O3P2/c63-66(45-21-5-1-6-22-45,46-23-7-2-8-24-46)59-41-43(61-53-33-17-13-29-49(53)50-30-14-18-34-54(50)61)37-39-57(59)65-58-40-38-44(62-55-35-19-15-31-51(55)52-32-16-20-36-56(52)62)42-60(58)67(64,47-25-9-3-10-26-47)48-27-11-4-12-28-48/h1-42H. The van der Waals surface area contributed by atoms with Crippen molar-refractivity contribution < 1.29 is 13.9 Å². The van der Waals surface area contributed by atoms with Gasteiger partial charge in [-0.3, -0.25) is 0 Å². The molecule has 0 bridgehead atoms. The van der Waals surface area contributed by atoms with Gasteiger partial charge < -0.3 is 23.0 Å². The Morgan fingerprint density at radius 2 is 0.537 bits per heavy atom. The van der Waals surface area contributed by atoms with Crippen molar-refractivity contribution in [3.8, 4) is 22.9 Å². The van der Waals surface area contributed by atoms with E-state index in [2.05, 4.69) is 106 Å². The van der Waals surface area contributed by atoms with Gasteiger partial charge in [0.25, 0.3) is 0 Å². The molecule has 0 saturated heterocycles. The van der Waals surface area contributed by atoms with Crippen LogP contribution in [0.25, 0.3) is 55.0 Å². The van der Waals surface area contributed by atoms with Gasteiger partial charge in [0, 0.05) is 54.1 Å². The minimum absolute atomic E-state index is 0.402. The number of hydrogen-bond acceptors (Lipinski definition) is 3. The molecule has 0 atom stereocenters. The number of benzene rings is 10. The quantitative estimate of drug-likeness (QED) is 0.129. The molecule has 12 aromatic rings. The first-order chi connectivity index (χ1) is 33.0. The Labute approximate surface area is 388 Å². The summed E-state index contributed by atoms with van der Waals surface area (Å²) in [5, 5.41) is 8.24. The van der Waals surface area contributed by atoms with Crippen LogP contribution in [0.15, 0.2) is 255 Å². The van der Waals surface area contributed by atoms with Gasteiger partial charge in [-0.1, -0.05) is 194 Å². The molecule has 7 heteroatoms. The van der Waals surface area contributed by atoms with E-state index in [1.54, 1.807) is 0 Å². The molecule has 2 aromatic heterocycles. The molecule has 0 amide bonds. The van der Waals surface area contributed by atoms with Crippen molar-refractivity contribution in [3.63, 3.8) is 0 Å². The molecule has 0 fully saturated rings. The molecule has 2 heterocycles. The van der Waals surface area contributed by atoms with Crippen LogP contribution in [0.3, 0.4) is 0 Å². The molecular weight excluding hydrogens is 859 g/mol. The maximum atomic E-state index is 16.7. The van der Waals surface area contributed by atoms with E-state index < -0.39 is 14.3 Å². The lowest BCUT2D eigenvalue weighted by molar-refractivity contribution is 0.489. The molecule has 12 rings (SSSR count). The highest BCUT2D eigenvalue weighted by Crippen LogP contribution is 2.50. The van der Waals surface area contributed by atoms with Crippen LogP contribution in [0.5, 0.6) is 11.5 Å². The van der Waals surface area contributed by atoms with Crippen LogP contribution in [-0.4, -0.2) is 9.13 Å². The smallest absolute Gasteiger partial charge is 0.174 e. The Bertz CT molecular complexity index is 3450.